The molecule has 0 aliphatic carbocycles. The average Bonchev–Trinajstić information content (AvgIpc) is 2.69. The van der Waals surface area contributed by atoms with Gasteiger partial charge in [0.05, 0.1) is 5.69 Å². The summed E-state index contributed by atoms with van der Waals surface area (Å²) >= 11 is 0. The Bertz CT molecular complexity index is 585. The van der Waals surface area contributed by atoms with Crippen LogP contribution < -0.4 is 10.1 Å². The zero-order valence-electron chi connectivity index (χ0n) is 11.7. The first-order valence-electron chi connectivity index (χ1n) is 6.92. The highest BCUT2D eigenvalue weighted by Gasteiger charge is 2.15. The third-order valence-corrected chi connectivity index (χ3v) is 3.48. The lowest BCUT2D eigenvalue weighted by atomic mass is 10.2. The molecule has 4 nitrogen and oxygen atoms in total. The van der Waals surface area contributed by atoms with Gasteiger partial charge in [0.2, 0.25) is 0 Å². The first kappa shape index (κ1) is 12.9. The Balaban J connectivity index is 1.74. The Morgan fingerprint density at radius 3 is 3.00 bits per heavy atom. The number of anilines is 1. The summed E-state index contributed by atoms with van der Waals surface area (Å²) in [7, 11) is 1.89. The number of fused-ring (bicyclic) bond motifs is 1. The van der Waals surface area contributed by atoms with Crippen LogP contribution in [0, 0.1) is 0 Å². The molecule has 104 valence electrons. The molecule has 20 heavy (non-hydrogen) atoms. The second kappa shape index (κ2) is 5.92. The van der Waals surface area contributed by atoms with Crippen LogP contribution >= 0.6 is 0 Å². The Morgan fingerprint density at radius 1 is 1.20 bits per heavy atom. The Kier molecular flexibility index (Phi) is 3.83. The standard InChI is InChI=1S/C16H19N3O/c1-17-16-8-4-6-14(18-16)12-19-9-10-20-15-7-3-2-5-13(15)11-19/h2-8H,9-12H2,1H3,(H,17,18). The molecule has 0 saturated heterocycles. The molecule has 0 amide bonds. The van der Waals surface area contributed by atoms with E-state index in [4.69, 9.17) is 4.74 Å². The molecule has 0 fully saturated rings. The number of para-hydroxylation sites is 1. The Morgan fingerprint density at radius 2 is 2.10 bits per heavy atom. The molecule has 1 N–H and O–H groups in total. The molecule has 1 aliphatic heterocycles. The maximum Gasteiger partial charge on any atom is 0.126 e. The van der Waals surface area contributed by atoms with Crippen molar-refractivity contribution in [2.24, 2.45) is 0 Å². The van der Waals surface area contributed by atoms with Crippen molar-refractivity contribution in [1.82, 2.24) is 9.88 Å². The van der Waals surface area contributed by atoms with Crippen LogP contribution in [0.1, 0.15) is 11.3 Å². The third-order valence-electron chi connectivity index (χ3n) is 3.48. The van der Waals surface area contributed by atoms with E-state index in [2.05, 4.69) is 33.4 Å². The van der Waals surface area contributed by atoms with Crippen molar-refractivity contribution in [3.63, 3.8) is 0 Å². The van der Waals surface area contributed by atoms with Gasteiger partial charge in [0.1, 0.15) is 18.2 Å². The highest BCUT2D eigenvalue weighted by atomic mass is 16.5. The second-order valence-electron chi connectivity index (χ2n) is 4.93. The molecular weight excluding hydrogens is 250 g/mol. The van der Waals surface area contributed by atoms with E-state index >= 15 is 0 Å². The van der Waals surface area contributed by atoms with E-state index in [0.717, 1.165) is 43.5 Å². The van der Waals surface area contributed by atoms with Crippen LogP contribution in [0.25, 0.3) is 0 Å². The van der Waals surface area contributed by atoms with Crippen LogP contribution in [0.2, 0.25) is 0 Å². The topological polar surface area (TPSA) is 37.4 Å². The summed E-state index contributed by atoms with van der Waals surface area (Å²) in [6, 6.07) is 14.3. The summed E-state index contributed by atoms with van der Waals surface area (Å²) < 4.78 is 5.79. The summed E-state index contributed by atoms with van der Waals surface area (Å²) in [5, 5.41) is 3.08. The number of rotatable bonds is 3. The predicted octanol–water partition coefficient (Wildman–Crippen LogP) is 2.52. The molecule has 0 unspecified atom stereocenters. The van der Waals surface area contributed by atoms with E-state index in [-0.39, 0.29) is 0 Å². The summed E-state index contributed by atoms with van der Waals surface area (Å²) in [4.78, 5) is 6.95. The molecular formula is C16H19N3O. The fraction of sp³-hybridized carbons (Fsp3) is 0.312. The van der Waals surface area contributed by atoms with Crippen molar-refractivity contribution in [3.8, 4) is 5.75 Å². The molecule has 3 rings (SSSR count). The molecule has 2 heterocycles. The number of pyridine rings is 1. The van der Waals surface area contributed by atoms with Crippen molar-refractivity contribution in [2.75, 3.05) is 25.5 Å². The molecule has 1 aromatic heterocycles. The van der Waals surface area contributed by atoms with E-state index in [1.54, 1.807) is 0 Å². The Labute approximate surface area is 119 Å². The summed E-state index contributed by atoms with van der Waals surface area (Å²) in [5.41, 5.74) is 2.33. The summed E-state index contributed by atoms with van der Waals surface area (Å²) in [6.07, 6.45) is 0. The minimum absolute atomic E-state index is 0.725. The van der Waals surface area contributed by atoms with Gasteiger partial charge in [0.15, 0.2) is 0 Å². The maximum absolute atomic E-state index is 5.79. The van der Waals surface area contributed by atoms with Crippen LogP contribution in [0.3, 0.4) is 0 Å². The zero-order valence-corrected chi connectivity index (χ0v) is 11.7. The van der Waals surface area contributed by atoms with Gasteiger partial charge in [0, 0.05) is 32.2 Å². The number of aromatic nitrogens is 1. The SMILES string of the molecule is CNc1cccc(CN2CCOc3ccccc3C2)n1. The van der Waals surface area contributed by atoms with Gasteiger partial charge in [0.25, 0.3) is 0 Å². The number of nitrogens with one attached hydrogen (secondary N) is 1. The first-order chi connectivity index (χ1) is 9.85. The smallest absolute Gasteiger partial charge is 0.126 e. The van der Waals surface area contributed by atoms with Gasteiger partial charge < -0.3 is 10.1 Å². The predicted molar refractivity (Wildman–Crippen MR) is 79.8 cm³/mol. The van der Waals surface area contributed by atoms with Crippen molar-refractivity contribution < 1.29 is 4.74 Å². The first-order valence-corrected chi connectivity index (χ1v) is 6.92. The van der Waals surface area contributed by atoms with Crippen LogP contribution in [0.5, 0.6) is 5.75 Å². The monoisotopic (exact) mass is 269 g/mol. The normalized spacial score (nSPS) is 15.1. The molecule has 4 heteroatoms. The molecule has 0 radical (unpaired) electrons. The van der Waals surface area contributed by atoms with Gasteiger partial charge >= 0.3 is 0 Å². The lowest BCUT2D eigenvalue weighted by Crippen LogP contribution is -2.25. The molecule has 0 bridgehead atoms. The molecule has 0 atom stereocenters. The average molecular weight is 269 g/mol. The fourth-order valence-electron chi connectivity index (χ4n) is 2.45. The van der Waals surface area contributed by atoms with Crippen LogP contribution in [-0.2, 0) is 13.1 Å². The van der Waals surface area contributed by atoms with Gasteiger partial charge in [-0.2, -0.15) is 0 Å². The van der Waals surface area contributed by atoms with Gasteiger partial charge in [-0.05, 0) is 18.2 Å². The van der Waals surface area contributed by atoms with Crippen molar-refractivity contribution in [3.05, 3.63) is 53.7 Å². The molecule has 1 aromatic carbocycles. The molecule has 1 aliphatic rings. The van der Waals surface area contributed by atoms with Crippen molar-refractivity contribution in [2.45, 2.75) is 13.1 Å². The second-order valence-corrected chi connectivity index (χ2v) is 4.93. The minimum atomic E-state index is 0.725. The third kappa shape index (κ3) is 2.91. The van der Waals surface area contributed by atoms with Gasteiger partial charge in [-0.25, -0.2) is 4.98 Å². The highest BCUT2D eigenvalue weighted by Crippen LogP contribution is 2.23. The van der Waals surface area contributed by atoms with Crippen LogP contribution in [-0.4, -0.2) is 30.1 Å². The zero-order chi connectivity index (χ0) is 13.8. The number of benzene rings is 1. The maximum atomic E-state index is 5.79. The summed E-state index contributed by atoms with van der Waals surface area (Å²) in [6.45, 7) is 3.39. The quantitative estimate of drug-likeness (QED) is 0.929. The van der Waals surface area contributed by atoms with E-state index in [1.165, 1.54) is 5.56 Å². The number of ether oxygens (including phenoxy) is 1. The number of hydrogen-bond donors (Lipinski definition) is 1. The van der Waals surface area contributed by atoms with Gasteiger partial charge in [-0.15, -0.1) is 0 Å². The summed E-state index contributed by atoms with van der Waals surface area (Å²) in [5.74, 6) is 1.92. The Hall–Kier alpha value is -2.07. The molecule has 0 saturated carbocycles. The molecule has 2 aromatic rings. The highest BCUT2D eigenvalue weighted by molar-refractivity contribution is 5.35. The van der Waals surface area contributed by atoms with Crippen molar-refractivity contribution >= 4 is 5.82 Å². The largest absolute Gasteiger partial charge is 0.492 e. The lowest BCUT2D eigenvalue weighted by molar-refractivity contribution is 0.218. The van der Waals surface area contributed by atoms with Gasteiger partial charge in [-0.3, -0.25) is 4.90 Å². The van der Waals surface area contributed by atoms with Crippen LogP contribution in [0.4, 0.5) is 5.82 Å². The number of hydrogen-bond acceptors (Lipinski definition) is 4. The van der Waals surface area contributed by atoms with E-state index in [0.29, 0.717) is 0 Å². The van der Waals surface area contributed by atoms with E-state index in [1.807, 2.05) is 31.3 Å². The van der Waals surface area contributed by atoms with Gasteiger partial charge in [-0.1, -0.05) is 24.3 Å². The van der Waals surface area contributed by atoms with Crippen LogP contribution in [0.15, 0.2) is 42.5 Å². The van der Waals surface area contributed by atoms with E-state index < -0.39 is 0 Å². The van der Waals surface area contributed by atoms with Crippen molar-refractivity contribution in [1.29, 1.82) is 0 Å². The number of nitrogens with zero attached hydrogens (tertiary/aromatic N) is 2. The minimum Gasteiger partial charge on any atom is -0.492 e. The lowest BCUT2D eigenvalue weighted by Gasteiger charge is -2.19. The molecule has 0 spiro atoms. The van der Waals surface area contributed by atoms with E-state index in [9.17, 15) is 0 Å². The fourth-order valence-corrected chi connectivity index (χ4v) is 2.45.